The van der Waals surface area contributed by atoms with Crippen molar-refractivity contribution in [3.63, 3.8) is 0 Å². The lowest BCUT2D eigenvalue weighted by atomic mass is 10.2. The van der Waals surface area contributed by atoms with Crippen LogP contribution in [0.15, 0.2) is 54.6 Å². The van der Waals surface area contributed by atoms with Crippen LogP contribution in [0.1, 0.15) is 11.1 Å². The number of nitrogens with zero attached hydrogens (tertiary/aromatic N) is 2. The van der Waals surface area contributed by atoms with Crippen molar-refractivity contribution in [3.05, 3.63) is 70.5 Å². The van der Waals surface area contributed by atoms with E-state index < -0.39 is 0 Å². The Bertz CT molecular complexity index is 772. The Morgan fingerprint density at radius 1 is 1.10 bits per heavy atom. The first kappa shape index (κ1) is 13.6. The summed E-state index contributed by atoms with van der Waals surface area (Å²) >= 11 is 5.32. The number of hydrogen-bond donors (Lipinski definition) is 2. The molecule has 0 aliphatic carbocycles. The second kappa shape index (κ2) is 5.93. The van der Waals surface area contributed by atoms with Crippen LogP contribution in [-0.2, 0) is 6.54 Å². The van der Waals surface area contributed by atoms with Gasteiger partial charge >= 0.3 is 0 Å². The maximum Gasteiger partial charge on any atom is 0.228 e. The van der Waals surface area contributed by atoms with Gasteiger partial charge in [0, 0.05) is 6.54 Å². The molecule has 5 heteroatoms. The molecule has 0 spiro atoms. The minimum atomic E-state index is 0.578. The highest BCUT2D eigenvalue weighted by molar-refractivity contribution is 7.71. The zero-order valence-corrected chi connectivity index (χ0v) is 12.5. The molecule has 0 bridgehead atoms. The molecule has 1 heterocycles. The smallest absolute Gasteiger partial charge is 0.228 e. The monoisotopic (exact) mass is 296 g/mol. The normalized spacial score (nSPS) is 10.5. The van der Waals surface area contributed by atoms with E-state index in [0.717, 1.165) is 5.69 Å². The molecule has 0 radical (unpaired) electrons. The fourth-order valence-corrected chi connectivity index (χ4v) is 2.36. The van der Waals surface area contributed by atoms with Gasteiger partial charge in [-0.2, -0.15) is 0 Å². The number of hydrogen-bond acceptors (Lipinski definition) is 3. The van der Waals surface area contributed by atoms with Gasteiger partial charge in [-0.05, 0) is 36.8 Å². The van der Waals surface area contributed by atoms with Gasteiger partial charge in [0.1, 0.15) is 0 Å². The molecule has 0 amide bonds. The van der Waals surface area contributed by atoms with E-state index in [1.54, 1.807) is 0 Å². The van der Waals surface area contributed by atoms with Gasteiger partial charge in [0.15, 0.2) is 0 Å². The fourth-order valence-electron chi connectivity index (χ4n) is 2.13. The highest BCUT2D eigenvalue weighted by Gasteiger charge is 2.07. The van der Waals surface area contributed by atoms with Crippen LogP contribution in [-0.4, -0.2) is 14.8 Å². The Morgan fingerprint density at radius 2 is 1.81 bits per heavy atom. The zero-order valence-electron chi connectivity index (χ0n) is 11.7. The highest BCUT2D eigenvalue weighted by Crippen LogP contribution is 2.16. The third-order valence-corrected chi connectivity index (χ3v) is 3.53. The lowest BCUT2D eigenvalue weighted by molar-refractivity contribution is 0.995. The second-order valence-electron chi connectivity index (χ2n) is 4.86. The molecule has 0 unspecified atom stereocenters. The SMILES string of the molecule is Cc1ccc(-n2c(NCc3ccccc3)n[nH]c2=S)cc1. The van der Waals surface area contributed by atoms with E-state index in [1.165, 1.54) is 11.1 Å². The van der Waals surface area contributed by atoms with Crippen molar-refractivity contribution < 1.29 is 0 Å². The van der Waals surface area contributed by atoms with E-state index in [2.05, 4.69) is 46.7 Å². The summed E-state index contributed by atoms with van der Waals surface area (Å²) in [6.45, 7) is 2.76. The molecule has 0 aliphatic heterocycles. The van der Waals surface area contributed by atoms with Crippen LogP contribution < -0.4 is 5.32 Å². The Balaban J connectivity index is 1.87. The van der Waals surface area contributed by atoms with Gasteiger partial charge in [0.25, 0.3) is 0 Å². The van der Waals surface area contributed by atoms with Crippen molar-refractivity contribution in [2.24, 2.45) is 0 Å². The largest absolute Gasteiger partial charge is 0.350 e. The van der Waals surface area contributed by atoms with Crippen molar-refractivity contribution >= 4 is 18.2 Å². The number of aryl methyl sites for hydroxylation is 1. The molecule has 3 aromatic rings. The molecule has 4 nitrogen and oxygen atoms in total. The predicted molar refractivity (Wildman–Crippen MR) is 87.3 cm³/mol. The molecule has 2 N–H and O–H groups in total. The van der Waals surface area contributed by atoms with E-state index in [9.17, 15) is 0 Å². The molecular weight excluding hydrogens is 280 g/mol. The Hall–Kier alpha value is -2.40. The maximum atomic E-state index is 5.32. The first-order valence-electron chi connectivity index (χ1n) is 6.76. The Labute approximate surface area is 128 Å². The average molecular weight is 296 g/mol. The third-order valence-electron chi connectivity index (χ3n) is 3.26. The molecule has 3 rings (SSSR count). The second-order valence-corrected chi connectivity index (χ2v) is 5.25. The first-order chi connectivity index (χ1) is 10.2. The van der Waals surface area contributed by atoms with E-state index in [1.807, 2.05) is 34.9 Å². The van der Waals surface area contributed by atoms with Crippen LogP contribution in [0.3, 0.4) is 0 Å². The summed E-state index contributed by atoms with van der Waals surface area (Å²) in [5.74, 6) is 0.715. The van der Waals surface area contributed by atoms with Gasteiger partial charge < -0.3 is 5.32 Å². The predicted octanol–water partition coefficient (Wildman–Crippen LogP) is 3.85. The van der Waals surface area contributed by atoms with Gasteiger partial charge in [-0.3, -0.25) is 4.57 Å². The lowest BCUT2D eigenvalue weighted by Gasteiger charge is -2.09. The number of nitrogens with one attached hydrogen (secondary N) is 2. The van der Waals surface area contributed by atoms with E-state index in [4.69, 9.17) is 12.2 Å². The first-order valence-corrected chi connectivity index (χ1v) is 7.17. The maximum absolute atomic E-state index is 5.32. The van der Waals surface area contributed by atoms with Crippen LogP contribution >= 0.6 is 12.2 Å². The van der Waals surface area contributed by atoms with Crippen molar-refractivity contribution in [1.82, 2.24) is 14.8 Å². The average Bonchev–Trinajstić information content (AvgIpc) is 2.88. The van der Waals surface area contributed by atoms with Gasteiger partial charge in [0.05, 0.1) is 5.69 Å². The van der Waals surface area contributed by atoms with E-state index >= 15 is 0 Å². The molecule has 21 heavy (non-hydrogen) atoms. The highest BCUT2D eigenvalue weighted by atomic mass is 32.1. The summed E-state index contributed by atoms with van der Waals surface area (Å²) in [6, 6.07) is 18.4. The molecule has 0 saturated heterocycles. The molecule has 0 saturated carbocycles. The van der Waals surface area contributed by atoms with E-state index in [0.29, 0.717) is 17.3 Å². The number of rotatable bonds is 4. The third kappa shape index (κ3) is 3.03. The Kier molecular flexibility index (Phi) is 3.83. The zero-order chi connectivity index (χ0) is 14.7. The quantitative estimate of drug-likeness (QED) is 0.719. The number of H-pyrrole nitrogens is 1. The minimum absolute atomic E-state index is 0.578. The van der Waals surface area contributed by atoms with E-state index in [-0.39, 0.29) is 0 Å². The summed E-state index contributed by atoms with van der Waals surface area (Å²) in [5, 5.41) is 10.4. The summed E-state index contributed by atoms with van der Waals surface area (Å²) in [6.07, 6.45) is 0. The van der Waals surface area contributed by atoms with Gasteiger partial charge in [-0.25, -0.2) is 5.10 Å². The molecule has 0 fully saturated rings. The molecule has 106 valence electrons. The standard InChI is InChI=1S/C16H16N4S/c1-12-7-9-14(10-8-12)20-15(18-19-16(20)21)17-11-13-5-3-2-4-6-13/h2-10H,11H2,1H3,(H,17,18)(H,19,21). The topological polar surface area (TPSA) is 45.6 Å². The molecule has 2 aromatic carbocycles. The lowest BCUT2D eigenvalue weighted by Crippen LogP contribution is -2.06. The Morgan fingerprint density at radius 3 is 2.52 bits per heavy atom. The van der Waals surface area contributed by atoms with Crippen molar-refractivity contribution in [2.75, 3.05) is 5.32 Å². The van der Waals surface area contributed by atoms with Crippen LogP contribution in [0.4, 0.5) is 5.95 Å². The van der Waals surface area contributed by atoms with Crippen LogP contribution in [0.5, 0.6) is 0 Å². The van der Waals surface area contributed by atoms with Crippen LogP contribution in [0.2, 0.25) is 0 Å². The molecule has 0 atom stereocenters. The molecule has 0 aliphatic rings. The number of anilines is 1. The van der Waals surface area contributed by atoms with Gasteiger partial charge in [0.2, 0.25) is 10.7 Å². The van der Waals surface area contributed by atoms with Crippen LogP contribution in [0, 0.1) is 11.7 Å². The number of aromatic nitrogens is 3. The van der Waals surface area contributed by atoms with Crippen LogP contribution in [0.25, 0.3) is 5.69 Å². The molecule has 1 aromatic heterocycles. The van der Waals surface area contributed by atoms with Gasteiger partial charge in [-0.1, -0.05) is 48.0 Å². The number of aromatic amines is 1. The van der Waals surface area contributed by atoms with Crippen molar-refractivity contribution in [2.45, 2.75) is 13.5 Å². The van der Waals surface area contributed by atoms with Crippen molar-refractivity contribution in [3.8, 4) is 5.69 Å². The fraction of sp³-hybridized carbons (Fsp3) is 0.125. The van der Waals surface area contributed by atoms with Crippen molar-refractivity contribution in [1.29, 1.82) is 0 Å². The summed E-state index contributed by atoms with van der Waals surface area (Å²) < 4.78 is 2.48. The summed E-state index contributed by atoms with van der Waals surface area (Å²) in [5.41, 5.74) is 3.41. The van der Waals surface area contributed by atoms with Gasteiger partial charge in [-0.15, -0.1) is 5.10 Å². The molecular formula is C16H16N4S. The summed E-state index contributed by atoms with van der Waals surface area (Å²) in [7, 11) is 0. The number of benzene rings is 2. The minimum Gasteiger partial charge on any atom is -0.350 e. The summed E-state index contributed by atoms with van der Waals surface area (Å²) in [4.78, 5) is 0.